The Bertz CT molecular complexity index is 332. The number of benzene rings is 1. The molecule has 2 N–H and O–H groups in total. The van der Waals surface area contributed by atoms with Crippen molar-refractivity contribution >= 4 is 5.91 Å². The van der Waals surface area contributed by atoms with Gasteiger partial charge < -0.3 is 10.4 Å². The molecule has 0 aromatic heterocycles. The molecule has 0 atom stereocenters. The van der Waals surface area contributed by atoms with Crippen LogP contribution in [0.2, 0.25) is 0 Å². The van der Waals surface area contributed by atoms with E-state index in [1.807, 2.05) is 30.3 Å². The highest BCUT2D eigenvalue weighted by molar-refractivity contribution is 5.94. The Morgan fingerprint density at radius 3 is 2.39 bits per heavy atom. The summed E-state index contributed by atoms with van der Waals surface area (Å²) in [6.45, 7) is 0.841. The SMILES string of the molecule is CO.O=C(NCC1CCCCC1)c1ccccc1. The Balaban J connectivity index is 0.000000771. The Kier molecular flexibility index (Phi) is 7.11. The molecule has 1 amide bonds. The third-order valence-electron chi connectivity index (χ3n) is 3.31. The fourth-order valence-electron chi connectivity index (χ4n) is 2.32. The van der Waals surface area contributed by atoms with Crippen LogP contribution in [0.25, 0.3) is 0 Å². The summed E-state index contributed by atoms with van der Waals surface area (Å²) >= 11 is 0. The van der Waals surface area contributed by atoms with E-state index in [0.29, 0.717) is 5.92 Å². The zero-order chi connectivity index (χ0) is 13.2. The highest BCUT2D eigenvalue weighted by Gasteiger charge is 2.14. The highest BCUT2D eigenvalue weighted by Crippen LogP contribution is 2.22. The third-order valence-corrected chi connectivity index (χ3v) is 3.31. The van der Waals surface area contributed by atoms with Gasteiger partial charge in [-0.1, -0.05) is 37.5 Å². The molecule has 1 aliphatic rings. The minimum absolute atomic E-state index is 0.0613. The van der Waals surface area contributed by atoms with Crippen molar-refractivity contribution in [3.63, 3.8) is 0 Å². The zero-order valence-corrected chi connectivity index (χ0v) is 11.1. The minimum Gasteiger partial charge on any atom is -0.400 e. The summed E-state index contributed by atoms with van der Waals surface area (Å²) in [6.07, 6.45) is 6.56. The molecule has 3 heteroatoms. The van der Waals surface area contributed by atoms with E-state index in [1.54, 1.807) is 0 Å². The molecule has 18 heavy (non-hydrogen) atoms. The van der Waals surface area contributed by atoms with Crippen molar-refractivity contribution in [2.75, 3.05) is 13.7 Å². The van der Waals surface area contributed by atoms with Gasteiger partial charge in [0.1, 0.15) is 0 Å². The van der Waals surface area contributed by atoms with Gasteiger partial charge in [-0.2, -0.15) is 0 Å². The van der Waals surface area contributed by atoms with Crippen molar-refractivity contribution in [3.05, 3.63) is 35.9 Å². The Morgan fingerprint density at radius 1 is 1.17 bits per heavy atom. The summed E-state index contributed by atoms with van der Waals surface area (Å²) in [4.78, 5) is 11.8. The van der Waals surface area contributed by atoms with Crippen molar-refractivity contribution in [1.82, 2.24) is 5.32 Å². The van der Waals surface area contributed by atoms with E-state index < -0.39 is 0 Å². The maximum absolute atomic E-state index is 11.8. The lowest BCUT2D eigenvalue weighted by atomic mass is 9.89. The fourth-order valence-corrected chi connectivity index (χ4v) is 2.32. The van der Waals surface area contributed by atoms with E-state index in [1.165, 1.54) is 32.1 Å². The zero-order valence-electron chi connectivity index (χ0n) is 11.1. The molecule has 100 valence electrons. The van der Waals surface area contributed by atoms with Crippen molar-refractivity contribution < 1.29 is 9.90 Å². The van der Waals surface area contributed by atoms with Crippen LogP contribution in [-0.2, 0) is 0 Å². The molecule has 0 heterocycles. The number of carbonyl (C=O) groups excluding carboxylic acids is 1. The monoisotopic (exact) mass is 249 g/mol. The van der Waals surface area contributed by atoms with Gasteiger partial charge >= 0.3 is 0 Å². The number of amides is 1. The lowest BCUT2D eigenvalue weighted by molar-refractivity contribution is 0.0943. The van der Waals surface area contributed by atoms with E-state index in [2.05, 4.69) is 5.32 Å². The molecule has 1 aromatic rings. The van der Waals surface area contributed by atoms with E-state index in [-0.39, 0.29) is 5.91 Å². The molecule has 0 aliphatic heterocycles. The molecule has 1 aliphatic carbocycles. The minimum atomic E-state index is 0.0613. The fraction of sp³-hybridized carbons (Fsp3) is 0.533. The normalized spacial score (nSPS) is 15.4. The average Bonchev–Trinajstić information content (AvgIpc) is 2.49. The van der Waals surface area contributed by atoms with Gasteiger partial charge in [-0.3, -0.25) is 4.79 Å². The summed E-state index contributed by atoms with van der Waals surface area (Å²) in [7, 11) is 1.00. The first-order chi connectivity index (χ1) is 8.86. The first kappa shape index (κ1) is 14.7. The van der Waals surface area contributed by atoms with Crippen molar-refractivity contribution in [2.45, 2.75) is 32.1 Å². The molecule has 1 saturated carbocycles. The molecule has 0 unspecified atom stereocenters. The molecule has 0 radical (unpaired) electrons. The van der Waals surface area contributed by atoms with Crippen LogP contribution in [0, 0.1) is 5.92 Å². The summed E-state index contributed by atoms with van der Waals surface area (Å²) in [5, 5.41) is 10.0. The number of hydrogen-bond donors (Lipinski definition) is 2. The van der Waals surface area contributed by atoms with Gasteiger partial charge in [0.25, 0.3) is 5.91 Å². The van der Waals surface area contributed by atoms with Crippen molar-refractivity contribution in [3.8, 4) is 0 Å². The first-order valence-corrected chi connectivity index (χ1v) is 6.64. The van der Waals surface area contributed by atoms with Gasteiger partial charge in [0.05, 0.1) is 0 Å². The molecule has 2 rings (SSSR count). The molecule has 0 saturated heterocycles. The summed E-state index contributed by atoms with van der Waals surface area (Å²) in [5.41, 5.74) is 0.762. The van der Waals surface area contributed by atoms with Gasteiger partial charge in [-0.15, -0.1) is 0 Å². The van der Waals surface area contributed by atoms with Gasteiger partial charge in [-0.25, -0.2) is 0 Å². The van der Waals surface area contributed by atoms with Crippen LogP contribution in [0.4, 0.5) is 0 Å². The Labute approximate surface area is 109 Å². The number of hydrogen-bond acceptors (Lipinski definition) is 2. The molecule has 0 spiro atoms. The van der Waals surface area contributed by atoms with E-state index in [4.69, 9.17) is 5.11 Å². The average molecular weight is 249 g/mol. The van der Waals surface area contributed by atoms with Crippen LogP contribution in [0.1, 0.15) is 42.5 Å². The second-order valence-electron chi connectivity index (χ2n) is 4.58. The molecular formula is C15H23NO2. The quantitative estimate of drug-likeness (QED) is 0.865. The van der Waals surface area contributed by atoms with Crippen LogP contribution in [0.5, 0.6) is 0 Å². The maximum atomic E-state index is 11.8. The molecular weight excluding hydrogens is 226 g/mol. The predicted octanol–water partition coefficient (Wildman–Crippen LogP) is 2.61. The van der Waals surface area contributed by atoms with E-state index >= 15 is 0 Å². The Morgan fingerprint density at radius 2 is 1.78 bits per heavy atom. The van der Waals surface area contributed by atoms with Crippen molar-refractivity contribution in [1.29, 1.82) is 0 Å². The van der Waals surface area contributed by atoms with Crippen LogP contribution in [-0.4, -0.2) is 24.7 Å². The first-order valence-electron chi connectivity index (χ1n) is 6.64. The van der Waals surface area contributed by atoms with Crippen LogP contribution in [0.15, 0.2) is 30.3 Å². The van der Waals surface area contributed by atoms with Gasteiger partial charge in [0, 0.05) is 19.2 Å². The molecule has 1 aromatic carbocycles. The van der Waals surface area contributed by atoms with Gasteiger partial charge in [0.15, 0.2) is 0 Å². The highest BCUT2D eigenvalue weighted by atomic mass is 16.2. The van der Waals surface area contributed by atoms with E-state index in [9.17, 15) is 4.79 Å². The van der Waals surface area contributed by atoms with Crippen LogP contribution < -0.4 is 5.32 Å². The summed E-state index contributed by atoms with van der Waals surface area (Å²) in [5.74, 6) is 0.757. The largest absolute Gasteiger partial charge is 0.400 e. The van der Waals surface area contributed by atoms with Gasteiger partial charge in [-0.05, 0) is 30.9 Å². The second kappa shape index (κ2) is 8.70. The van der Waals surface area contributed by atoms with Gasteiger partial charge in [0.2, 0.25) is 0 Å². The topological polar surface area (TPSA) is 49.3 Å². The number of carbonyl (C=O) groups is 1. The smallest absolute Gasteiger partial charge is 0.251 e. The molecule has 3 nitrogen and oxygen atoms in total. The lowest BCUT2D eigenvalue weighted by Crippen LogP contribution is -2.30. The summed E-state index contributed by atoms with van der Waals surface area (Å²) < 4.78 is 0. The predicted molar refractivity (Wildman–Crippen MR) is 73.5 cm³/mol. The summed E-state index contributed by atoms with van der Waals surface area (Å²) in [6, 6.07) is 9.44. The molecule has 1 fully saturated rings. The van der Waals surface area contributed by atoms with Crippen LogP contribution >= 0.6 is 0 Å². The number of rotatable bonds is 3. The lowest BCUT2D eigenvalue weighted by Gasteiger charge is -2.21. The number of aliphatic hydroxyl groups is 1. The van der Waals surface area contributed by atoms with Crippen LogP contribution in [0.3, 0.4) is 0 Å². The second-order valence-corrected chi connectivity index (χ2v) is 4.58. The molecule has 0 bridgehead atoms. The van der Waals surface area contributed by atoms with Crippen molar-refractivity contribution in [2.24, 2.45) is 5.92 Å². The standard InChI is InChI=1S/C14H19NO.CH4O/c16-14(13-9-5-2-6-10-13)15-11-12-7-3-1-4-8-12;1-2/h2,5-6,9-10,12H,1,3-4,7-8,11H2,(H,15,16);2H,1H3. The number of nitrogens with one attached hydrogen (secondary N) is 1. The third kappa shape index (κ3) is 4.88. The maximum Gasteiger partial charge on any atom is 0.251 e. The Hall–Kier alpha value is -1.35. The number of aliphatic hydroxyl groups excluding tert-OH is 1. The van der Waals surface area contributed by atoms with E-state index in [0.717, 1.165) is 19.2 Å².